The van der Waals surface area contributed by atoms with Crippen molar-refractivity contribution in [3.05, 3.63) is 47.3 Å². The Labute approximate surface area is 148 Å². The number of aromatic nitrogens is 2. The number of nitrogens with one attached hydrogen (secondary N) is 1. The minimum absolute atomic E-state index is 0.128. The number of carbonyl (C=O) groups is 1. The van der Waals surface area contributed by atoms with E-state index in [1.807, 2.05) is 55.8 Å². The van der Waals surface area contributed by atoms with Crippen LogP contribution in [0.15, 0.2) is 30.3 Å². The molecule has 1 fully saturated rings. The number of rotatable bonds is 3. The Bertz CT molecular complexity index is 741. The number of β-amino-alcohol motifs (C(OH)–C–C–N with tert-alkyl or cyclic N) is 1. The lowest BCUT2D eigenvalue weighted by Crippen LogP contribution is -2.49. The molecule has 0 aliphatic carbocycles. The number of benzene rings is 1. The second kappa shape index (κ2) is 7.27. The fraction of sp³-hybridized carbons (Fsp3) is 0.474. The van der Waals surface area contributed by atoms with E-state index in [1.165, 1.54) is 0 Å². The molecule has 1 saturated heterocycles. The van der Waals surface area contributed by atoms with E-state index >= 15 is 0 Å². The number of carbonyl (C=O) groups excluding carboxylic acids is 1. The van der Waals surface area contributed by atoms with Crippen LogP contribution in [0.2, 0.25) is 0 Å². The van der Waals surface area contributed by atoms with Crippen LogP contribution in [-0.4, -0.2) is 45.0 Å². The third-order valence-corrected chi connectivity index (χ3v) is 5.06. The predicted octanol–water partition coefficient (Wildman–Crippen LogP) is 2.40. The number of urea groups is 1. The molecule has 3 rings (SSSR count). The molecule has 1 aliphatic rings. The van der Waals surface area contributed by atoms with Crippen molar-refractivity contribution in [3.8, 4) is 5.69 Å². The number of amides is 2. The summed E-state index contributed by atoms with van der Waals surface area (Å²) in [5, 5.41) is 17.5. The Morgan fingerprint density at radius 2 is 2.04 bits per heavy atom. The Kier molecular flexibility index (Phi) is 5.08. The first kappa shape index (κ1) is 17.5. The molecule has 25 heavy (non-hydrogen) atoms. The summed E-state index contributed by atoms with van der Waals surface area (Å²) < 4.78 is 1.91. The molecule has 0 bridgehead atoms. The first-order valence-electron chi connectivity index (χ1n) is 8.78. The number of nitrogens with zero attached hydrogens (tertiary/aromatic N) is 3. The topological polar surface area (TPSA) is 70.4 Å². The van der Waals surface area contributed by atoms with E-state index in [-0.39, 0.29) is 11.9 Å². The standard InChI is InChI=1S/C19H26N4O2/c1-13-9-10-22(12-18(13)24)19(25)20-11-17-14(2)21-23(15(17)3)16-7-5-4-6-8-16/h4-8,13,18,24H,9-12H2,1-3H3,(H,20,25). The molecule has 1 aromatic carbocycles. The van der Waals surface area contributed by atoms with E-state index in [0.29, 0.717) is 19.6 Å². The fourth-order valence-electron chi connectivity index (χ4n) is 3.26. The van der Waals surface area contributed by atoms with Gasteiger partial charge in [0.25, 0.3) is 0 Å². The zero-order valence-electron chi connectivity index (χ0n) is 15.1. The molecule has 1 aliphatic heterocycles. The fourth-order valence-corrected chi connectivity index (χ4v) is 3.26. The van der Waals surface area contributed by atoms with Gasteiger partial charge in [-0.25, -0.2) is 9.48 Å². The van der Waals surface area contributed by atoms with Gasteiger partial charge in [-0.1, -0.05) is 25.1 Å². The van der Waals surface area contributed by atoms with E-state index in [4.69, 9.17) is 0 Å². The molecular formula is C19H26N4O2. The number of aliphatic hydroxyl groups is 1. The number of hydrogen-bond donors (Lipinski definition) is 2. The van der Waals surface area contributed by atoms with Crippen molar-refractivity contribution >= 4 is 6.03 Å². The average Bonchev–Trinajstić information content (AvgIpc) is 2.90. The predicted molar refractivity (Wildman–Crippen MR) is 96.6 cm³/mol. The maximum absolute atomic E-state index is 12.4. The summed E-state index contributed by atoms with van der Waals surface area (Å²) in [6.45, 7) is 7.51. The molecule has 6 nitrogen and oxygen atoms in total. The average molecular weight is 342 g/mol. The van der Waals surface area contributed by atoms with Gasteiger partial charge in [0.05, 0.1) is 17.5 Å². The molecule has 2 unspecified atom stereocenters. The third kappa shape index (κ3) is 3.69. The molecule has 1 aromatic heterocycles. The maximum atomic E-state index is 12.4. The molecule has 2 N–H and O–H groups in total. The lowest BCUT2D eigenvalue weighted by atomic mass is 9.96. The van der Waals surface area contributed by atoms with Crippen LogP contribution in [0.4, 0.5) is 4.79 Å². The van der Waals surface area contributed by atoms with Gasteiger partial charge in [-0.2, -0.15) is 5.10 Å². The van der Waals surface area contributed by atoms with Crippen molar-refractivity contribution in [2.24, 2.45) is 5.92 Å². The molecule has 0 saturated carbocycles. The SMILES string of the molecule is Cc1nn(-c2ccccc2)c(C)c1CNC(=O)N1CCC(C)C(O)C1. The van der Waals surface area contributed by atoms with Gasteiger partial charge < -0.3 is 15.3 Å². The molecule has 2 atom stereocenters. The zero-order chi connectivity index (χ0) is 18.0. The first-order valence-corrected chi connectivity index (χ1v) is 8.78. The van der Waals surface area contributed by atoms with Gasteiger partial charge >= 0.3 is 6.03 Å². The van der Waals surface area contributed by atoms with Gasteiger partial charge in [0, 0.05) is 30.9 Å². The summed E-state index contributed by atoms with van der Waals surface area (Å²) >= 11 is 0. The minimum Gasteiger partial charge on any atom is -0.391 e. The van der Waals surface area contributed by atoms with E-state index < -0.39 is 6.10 Å². The summed E-state index contributed by atoms with van der Waals surface area (Å²) in [7, 11) is 0. The quantitative estimate of drug-likeness (QED) is 0.900. The van der Waals surface area contributed by atoms with Crippen molar-refractivity contribution < 1.29 is 9.90 Å². The van der Waals surface area contributed by atoms with Crippen molar-refractivity contribution in [1.29, 1.82) is 0 Å². The van der Waals surface area contributed by atoms with Crippen molar-refractivity contribution in [1.82, 2.24) is 20.0 Å². The lowest BCUT2D eigenvalue weighted by Gasteiger charge is -2.34. The summed E-state index contributed by atoms with van der Waals surface area (Å²) in [4.78, 5) is 14.1. The normalized spacial score (nSPS) is 20.6. The van der Waals surface area contributed by atoms with Gasteiger partial charge in [-0.15, -0.1) is 0 Å². The number of likely N-dealkylation sites (tertiary alicyclic amines) is 1. The molecule has 134 valence electrons. The smallest absolute Gasteiger partial charge is 0.317 e. The highest BCUT2D eigenvalue weighted by Crippen LogP contribution is 2.19. The van der Waals surface area contributed by atoms with Crippen LogP contribution < -0.4 is 5.32 Å². The molecule has 0 spiro atoms. The van der Waals surface area contributed by atoms with Crippen LogP contribution in [-0.2, 0) is 6.54 Å². The number of piperidine rings is 1. The molecule has 6 heteroatoms. The summed E-state index contributed by atoms with van der Waals surface area (Å²) in [6, 6.07) is 9.84. The number of aliphatic hydroxyl groups excluding tert-OH is 1. The Balaban J connectivity index is 1.68. The second-order valence-corrected chi connectivity index (χ2v) is 6.83. The van der Waals surface area contributed by atoms with Gasteiger partial charge in [-0.05, 0) is 38.3 Å². The Hall–Kier alpha value is -2.34. The van der Waals surface area contributed by atoms with E-state index in [2.05, 4.69) is 10.4 Å². The van der Waals surface area contributed by atoms with E-state index in [9.17, 15) is 9.90 Å². The monoisotopic (exact) mass is 342 g/mol. The Morgan fingerprint density at radius 3 is 2.72 bits per heavy atom. The number of para-hydroxylation sites is 1. The van der Waals surface area contributed by atoms with Gasteiger partial charge in [0.1, 0.15) is 0 Å². The zero-order valence-corrected chi connectivity index (χ0v) is 15.1. The van der Waals surface area contributed by atoms with Crippen LogP contribution >= 0.6 is 0 Å². The summed E-state index contributed by atoms with van der Waals surface area (Å²) in [5.41, 5.74) is 3.97. The van der Waals surface area contributed by atoms with Crippen LogP contribution in [0.25, 0.3) is 5.69 Å². The number of hydrogen-bond acceptors (Lipinski definition) is 3. The summed E-state index contributed by atoms with van der Waals surface area (Å²) in [5.74, 6) is 0.248. The van der Waals surface area contributed by atoms with Crippen LogP contribution in [0, 0.1) is 19.8 Å². The van der Waals surface area contributed by atoms with Crippen molar-refractivity contribution in [2.75, 3.05) is 13.1 Å². The van der Waals surface area contributed by atoms with Crippen molar-refractivity contribution in [2.45, 2.75) is 39.8 Å². The highest BCUT2D eigenvalue weighted by atomic mass is 16.3. The largest absolute Gasteiger partial charge is 0.391 e. The highest BCUT2D eigenvalue weighted by Gasteiger charge is 2.27. The molecule has 2 amide bonds. The third-order valence-electron chi connectivity index (χ3n) is 5.06. The summed E-state index contributed by atoms with van der Waals surface area (Å²) in [6.07, 6.45) is 0.391. The molecular weight excluding hydrogens is 316 g/mol. The van der Waals surface area contributed by atoms with Crippen molar-refractivity contribution in [3.63, 3.8) is 0 Å². The lowest BCUT2D eigenvalue weighted by molar-refractivity contribution is 0.0435. The van der Waals surface area contributed by atoms with Crippen LogP contribution in [0.1, 0.15) is 30.3 Å². The molecule has 2 aromatic rings. The first-order chi connectivity index (χ1) is 12.0. The second-order valence-electron chi connectivity index (χ2n) is 6.83. The van der Waals surface area contributed by atoms with E-state index in [0.717, 1.165) is 29.1 Å². The Morgan fingerprint density at radius 1 is 1.32 bits per heavy atom. The minimum atomic E-state index is -0.441. The van der Waals surface area contributed by atoms with Gasteiger partial charge in [-0.3, -0.25) is 0 Å². The van der Waals surface area contributed by atoms with Gasteiger partial charge in [0.2, 0.25) is 0 Å². The molecule has 0 radical (unpaired) electrons. The van der Waals surface area contributed by atoms with Crippen LogP contribution in [0.5, 0.6) is 0 Å². The maximum Gasteiger partial charge on any atom is 0.317 e. The van der Waals surface area contributed by atoms with Gasteiger partial charge in [0.15, 0.2) is 0 Å². The van der Waals surface area contributed by atoms with Crippen LogP contribution in [0.3, 0.4) is 0 Å². The van der Waals surface area contributed by atoms with E-state index in [1.54, 1.807) is 4.90 Å². The number of aryl methyl sites for hydroxylation is 1. The highest BCUT2D eigenvalue weighted by molar-refractivity contribution is 5.74. The molecule has 2 heterocycles.